The number of nitro benzene ring substituents is 1. The maximum absolute atomic E-state index is 10.9. The van der Waals surface area contributed by atoms with E-state index in [0.717, 1.165) is 9.26 Å². The molecule has 1 N–H and O–H groups in total. The van der Waals surface area contributed by atoms with Crippen LogP contribution in [0, 0.1) is 25.0 Å². The highest BCUT2D eigenvalue weighted by molar-refractivity contribution is 14.1. The lowest BCUT2D eigenvalue weighted by Gasteiger charge is -2.03. The molecule has 2 aromatic carbocycles. The van der Waals surface area contributed by atoms with Crippen molar-refractivity contribution in [1.29, 1.82) is 5.26 Å². The van der Waals surface area contributed by atoms with Crippen LogP contribution in [0.15, 0.2) is 60.1 Å². The number of thiazole rings is 1. The monoisotopic (exact) mass is 474 g/mol. The summed E-state index contributed by atoms with van der Waals surface area (Å²) in [5, 5.41) is 25.8. The van der Waals surface area contributed by atoms with Crippen LogP contribution in [0.1, 0.15) is 5.01 Å². The minimum absolute atomic E-state index is 0.00779. The molecule has 0 aliphatic carbocycles. The SMILES string of the molecule is N#C/C(=C/Nc1ccccc1I)c1nc(-c2cccc([N+](=O)[O-])c2)cs1. The molecule has 0 saturated heterocycles. The van der Waals surface area contributed by atoms with E-state index in [-0.39, 0.29) is 5.69 Å². The minimum Gasteiger partial charge on any atom is -0.359 e. The van der Waals surface area contributed by atoms with Crippen LogP contribution in [0.4, 0.5) is 11.4 Å². The van der Waals surface area contributed by atoms with Crippen LogP contribution in [0.25, 0.3) is 16.8 Å². The Balaban J connectivity index is 1.87. The zero-order valence-electron chi connectivity index (χ0n) is 13.2. The van der Waals surface area contributed by atoms with Crippen molar-refractivity contribution in [3.63, 3.8) is 0 Å². The predicted octanol–water partition coefficient (Wildman–Crippen LogP) is 5.30. The van der Waals surface area contributed by atoms with E-state index in [1.807, 2.05) is 24.3 Å². The number of anilines is 1. The summed E-state index contributed by atoms with van der Waals surface area (Å²) in [7, 11) is 0. The first-order valence-electron chi connectivity index (χ1n) is 7.40. The average molecular weight is 474 g/mol. The van der Waals surface area contributed by atoms with Gasteiger partial charge in [-0.15, -0.1) is 11.3 Å². The Hall–Kier alpha value is -2.77. The quantitative estimate of drug-likeness (QED) is 0.235. The fraction of sp³-hybridized carbons (Fsp3) is 0. The molecule has 1 heterocycles. The van der Waals surface area contributed by atoms with Gasteiger partial charge in [0.15, 0.2) is 0 Å². The Bertz CT molecular complexity index is 1040. The third kappa shape index (κ3) is 4.07. The van der Waals surface area contributed by atoms with E-state index in [9.17, 15) is 15.4 Å². The molecule has 0 atom stereocenters. The smallest absolute Gasteiger partial charge is 0.270 e. The summed E-state index contributed by atoms with van der Waals surface area (Å²) < 4.78 is 1.04. The molecule has 0 saturated carbocycles. The topological polar surface area (TPSA) is 91.8 Å². The summed E-state index contributed by atoms with van der Waals surface area (Å²) in [5.41, 5.74) is 2.55. The molecule has 6 nitrogen and oxygen atoms in total. The molecule has 0 fully saturated rings. The Morgan fingerprint density at radius 2 is 2.12 bits per heavy atom. The van der Waals surface area contributed by atoms with Crippen LogP contribution < -0.4 is 5.32 Å². The molecule has 26 heavy (non-hydrogen) atoms. The molecule has 0 spiro atoms. The van der Waals surface area contributed by atoms with E-state index in [1.165, 1.54) is 23.5 Å². The summed E-state index contributed by atoms with van der Waals surface area (Å²) in [6, 6.07) is 16.2. The number of nitrogens with one attached hydrogen (secondary N) is 1. The number of hydrogen-bond donors (Lipinski definition) is 1. The lowest BCUT2D eigenvalue weighted by atomic mass is 10.1. The van der Waals surface area contributed by atoms with Gasteiger partial charge in [-0.25, -0.2) is 4.98 Å². The van der Waals surface area contributed by atoms with Crippen LogP contribution in [0.5, 0.6) is 0 Å². The maximum atomic E-state index is 10.9. The van der Waals surface area contributed by atoms with Gasteiger partial charge in [-0.05, 0) is 34.7 Å². The molecule has 0 amide bonds. The molecule has 8 heteroatoms. The second-order valence-corrected chi connectivity index (χ2v) is 7.16. The van der Waals surface area contributed by atoms with Gasteiger partial charge in [0.2, 0.25) is 0 Å². The molecular weight excluding hydrogens is 463 g/mol. The van der Waals surface area contributed by atoms with E-state index in [1.54, 1.807) is 23.7 Å². The van der Waals surface area contributed by atoms with Gasteiger partial charge in [0, 0.05) is 32.8 Å². The third-order valence-corrected chi connectivity index (χ3v) is 5.27. The number of non-ortho nitro benzene ring substituents is 1. The van der Waals surface area contributed by atoms with E-state index in [0.29, 0.717) is 21.8 Å². The number of para-hydroxylation sites is 1. The van der Waals surface area contributed by atoms with Crippen molar-refractivity contribution in [2.75, 3.05) is 5.32 Å². The van der Waals surface area contributed by atoms with Crippen molar-refractivity contribution in [1.82, 2.24) is 4.98 Å². The van der Waals surface area contributed by atoms with Gasteiger partial charge >= 0.3 is 0 Å². The van der Waals surface area contributed by atoms with Gasteiger partial charge < -0.3 is 5.32 Å². The predicted molar refractivity (Wildman–Crippen MR) is 111 cm³/mol. The van der Waals surface area contributed by atoms with Gasteiger partial charge in [-0.3, -0.25) is 10.1 Å². The maximum Gasteiger partial charge on any atom is 0.270 e. The van der Waals surface area contributed by atoms with Crippen molar-refractivity contribution in [2.45, 2.75) is 0 Å². The highest BCUT2D eigenvalue weighted by Gasteiger charge is 2.12. The van der Waals surface area contributed by atoms with Gasteiger partial charge in [0.1, 0.15) is 16.6 Å². The van der Waals surface area contributed by atoms with Crippen molar-refractivity contribution < 1.29 is 4.92 Å². The molecular formula is C18H11IN4O2S. The summed E-state index contributed by atoms with van der Waals surface area (Å²) in [5.74, 6) is 0. The standard InChI is InChI=1S/C18H11IN4O2S/c19-15-6-1-2-7-16(15)21-10-13(9-20)18-22-17(11-26-18)12-4-3-5-14(8-12)23(24)25/h1-8,10-11,21H/b13-10-. The summed E-state index contributed by atoms with van der Waals surface area (Å²) in [6.07, 6.45) is 1.62. The molecule has 128 valence electrons. The number of halogens is 1. The zero-order chi connectivity index (χ0) is 18.5. The van der Waals surface area contributed by atoms with Crippen LogP contribution in [0.3, 0.4) is 0 Å². The van der Waals surface area contributed by atoms with Crippen molar-refractivity contribution >= 4 is 50.9 Å². The lowest BCUT2D eigenvalue weighted by Crippen LogP contribution is -1.93. The number of allylic oxidation sites excluding steroid dienone is 1. The number of aromatic nitrogens is 1. The van der Waals surface area contributed by atoms with Crippen LogP contribution in [-0.2, 0) is 0 Å². The normalized spacial score (nSPS) is 11.0. The fourth-order valence-electron chi connectivity index (χ4n) is 2.18. The molecule has 0 unspecified atom stereocenters. The zero-order valence-corrected chi connectivity index (χ0v) is 16.2. The number of hydrogen-bond acceptors (Lipinski definition) is 6. The van der Waals surface area contributed by atoms with Gasteiger partial charge in [-0.2, -0.15) is 5.26 Å². The van der Waals surface area contributed by atoms with Gasteiger partial charge in [-0.1, -0.05) is 24.3 Å². The van der Waals surface area contributed by atoms with Gasteiger partial charge in [0.25, 0.3) is 5.69 Å². The van der Waals surface area contributed by atoms with E-state index >= 15 is 0 Å². The van der Waals surface area contributed by atoms with E-state index in [4.69, 9.17) is 0 Å². The summed E-state index contributed by atoms with van der Waals surface area (Å²) >= 11 is 3.53. The lowest BCUT2D eigenvalue weighted by molar-refractivity contribution is -0.384. The first kappa shape index (κ1) is 18.0. The molecule has 0 bridgehead atoms. The Labute approximate surface area is 167 Å². The number of nitriles is 1. The van der Waals surface area contributed by atoms with E-state index in [2.05, 4.69) is 39.0 Å². The second kappa shape index (κ2) is 8.07. The number of nitrogens with zero attached hydrogens (tertiary/aromatic N) is 3. The number of benzene rings is 2. The molecule has 0 aliphatic heterocycles. The first-order valence-corrected chi connectivity index (χ1v) is 9.36. The second-order valence-electron chi connectivity index (χ2n) is 5.14. The van der Waals surface area contributed by atoms with Crippen molar-refractivity contribution in [3.05, 3.63) is 78.8 Å². The molecule has 3 rings (SSSR count). The number of rotatable bonds is 5. The third-order valence-electron chi connectivity index (χ3n) is 3.45. The highest BCUT2D eigenvalue weighted by atomic mass is 127. The van der Waals surface area contributed by atoms with Crippen molar-refractivity contribution in [3.8, 4) is 17.3 Å². The van der Waals surface area contributed by atoms with Gasteiger partial charge in [0.05, 0.1) is 16.3 Å². The molecule has 1 aromatic heterocycles. The van der Waals surface area contributed by atoms with Crippen LogP contribution in [0.2, 0.25) is 0 Å². The van der Waals surface area contributed by atoms with E-state index < -0.39 is 4.92 Å². The average Bonchev–Trinajstić information content (AvgIpc) is 3.14. The Morgan fingerprint density at radius 1 is 1.31 bits per heavy atom. The summed E-state index contributed by atoms with van der Waals surface area (Å²) in [6.45, 7) is 0. The molecule has 0 aliphatic rings. The van der Waals surface area contributed by atoms with Crippen LogP contribution in [-0.4, -0.2) is 9.91 Å². The fourth-order valence-corrected chi connectivity index (χ4v) is 3.52. The minimum atomic E-state index is -0.442. The Morgan fingerprint density at radius 3 is 2.85 bits per heavy atom. The largest absolute Gasteiger partial charge is 0.359 e. The first-order chi connectivity index (χ1) is 12.6. The molecule has 0 radical (unpaired) electrons. The van der Waals surface area contributed by atoms with Crippen LogP contribution >= 0.6 is 33.9 Å². The molecule has 3 aromatic rings. The Kier molecular flexibility index (Phi) is 5.60. The summed E-state index contributed by atoms with van der Waals surface area (Å²) in [4.78, 5) is 14.9. The highest BCUT2D eigenvalue weighted by Crippen LogP contribution is 2.28. The van der Waals surface area contributed by atoms with Crippen molar-refractivity contribution in [2.24, 2.45) is 0 Å². The number of nitro groups is 1.